The normalized spacial score (nSPS) is 21.4. The number of fused-ring (bicyclic) bond motifs is 3. The fourth-order valence-electron chi connectivity index (χ4n) is 3.37. The molecule has 0 bridgehead atoms. The Hall–Kier alpha value is -1.62. The standard InChI is InChI=1S/C17H18BrN3O/c1-9-3-4-11(9)8-21-16-12-6-14(18)10(2)5-15(12)20-17(22)13(16)7-19-21/h5-7,9,11H,3-4,8H2,1-2H3,(H,20,22)/t9-,11?/m1/s1. The van der Waals surface area contributed by atoms with E-state index in [1.807, 2.05) is 17.7 Å². The van der Waals surface area contributed by atoms with Crippen LogP contribution in [-0.4, -0.2) is 14.8 Å². The molecule has 5 heteroatoms. The molecule has 4 rings (SSSR count). The molecule has 1 saturated carbocycles. The van der Waals surface area contributed by atoms with E-state index in [9.17, 15) is 4.79 Å². The van der Waals surface area contributed by atoms with Gasteiger partial charge in [-0.25, -0.2) is 0 Å². The average molecular weight is 360 g/mol. The molecule has 0 amide bonds. The molecule has 1 aliphatic rings. The maximum absolute atomic E-state index is 12.3. The van der Waals surface area contributed by atoms with Gasteiger partial charge in [0.15, 0.2) is 0 Å². The Kier molecular flexibility index (Phi) is 3.15. The van der Waals surface area contributed by atoms with E-state index in [0.29, 0.717) is 11.3 Å². The molecule has 0 saturated heterocycles. The van der Waals surface area contributed by atoms with Crippen molar-refractivity contribution in [3.05, 3.63) is 38.7 Å². The minimum Gasteiger partial charge on any atom is -0.321 e. The van der Waals surface area contributed by atoms with Gasteiger partial charge in [-0.2, -0.15) is 5.10 Å². The van der Waals surface area contributed by atoms with Crippen LogP contribution in [0.3, 0.4) is 0 Å². The van der Waals surface area contributed by atoms with E-state index < -0.39 is 0 Å². The van der Waals surface area contributed by atoms with Crippen LogP contribution in [0.4, 0.5) is 0 Å². The van der Waals surface area contributed by atoms with Crippen molar-refractivity contribution in [1.82, 2.24) is 14.8 Å². The zero-order valence-electron chi connectivity index (χ0n) is 12.7. The SMILES string of the molecule is Cc1cc2[nH]c(=O)c3cnn(CC4CC[C@H]4C)c3c2cc1Br. The van der Waals surface area contributed by atoms with Gasteiger partial charge in [-0.3, -0.25) is 9.48 Å². The van der Waals surface area contributed by atoms with Crippen LogP contribution in [-0.2, 0) is 6.54 Å². The maximum Gasteiger partial charge on any atom is 0.259 e. The van der Waals surface area contributed by atoms with Gasteiger partial charge in [0.1, 0.15) is 0 Å². The van der Waals surface area contributed by atoms with E-state index in [2.05, 4.69) is 39.0 Å². The Morgan fingerprint density at radius 3 is 2.86 bits per heavy atom. The van der Waals surface area contributed by atoms with E-state index in [4.69, 9.17) is 0 Å². The number of hydrogen-bond acceptors (Lipinski definition) is 2. The second kappa shape index (κ2) is 4.95. The molecule has 3 aromatic rings. The van der Waals surface area contributed by atoms with Crippen LogP contribution in [0.25, 0.3) is 21.8 Å². The zero-order valence-corrected chi connectivity index (χ0v) is 14.3. The smallest absolute Gasteiger partial charge is 0.259 e. The predicted octanol–water partition coefficient (Wildman–Crippen LogP) is 3.99. The van der Waals surface area contributed by atoms with Crippen molar-refractivity contribution < 1.29 is 0 Å². The number of aromatic amines is 1. The van der Waals surface area contributed by atoms with Crippen LogP contribution in [0, 0.1) is 18.8 Å². The van der Waals surface area contributed by atoms with Crippen LogP contribution >= 0.6 is 15.9 Å². The van der Waals surface area contributed by atoms with Crippen molar-refractivity contribution in [3.8, 4) is 0 Å². The van der Waals surface area contributed by atoms with E-state index in [0.717, 1.165) is 38.9 Å². The summed E-state index contributed by atoms with van der Waals surface area (Å²) < 4.78 is 3.08. The van der Waals surface area contributed by atoms with E-state index in [1.54, 1.807) is 6.20 Å². The first-order valence-electron chi connectivity index (χ1n) is 7.72. The van der Waals surface area contributed by atoms with Crippen LogP contribution in [0.1, 0.15) is 25.3 Å². The minimum absolute atomic E-state index is 0.0582. The lowest BCUT2D eigenvalue weighted by Gasteiger charge is -2.33. The number of hydrogen-bond donors (Lipinski definition) is 1. The van der Waals surface area contributed by atoms with Gasteiger partial charge in [0.25, 0.3) is 5.56 Å². The predicted molar refractivity (Wildman–Crippen MR) is 92.2 cm³/mol. The number of halogens is 1. The van der Waals surface area contributed by atoms with Crippen molar-refractivity contribution >= 4 is 37.7 Å². The lowest BCUT2D eigenvalue weighted by Crippen LogP contribution is -2.27. The van der Waals surface area contributed by atoms with E-state index in [1.165, 1.54) is 12.8 Å². The highest BCUT2D eigenvalue weighted by Gasteiger charge is 2.28. The van der Waals surface area contributed by atoms with Crippen molar-refractivity contribution in [2.24, 2.45) is 11.8 Å². The molecule has 0 radical (unpaired) electrons. The number of nitrogens with one attached hydrogen (secondary N) is 1. The van der Waals surface area contributed by atoms with Crippen molar-refractivity contribution in [1.29, 1.82) is 0 Å². The number of aromatic nitrogens is 3. The quantitative estimate of drug-likeness (QED) is 0.751. The number of benzene rings is 1. The molecule has 1 unspecified atom stereocenters. The van der Waals surface area contributed by atoms with Crippen molar-refractivity contribution in [2.45, 2.75) is 33.2 Å². The molecule has 2 heterocycles. The van der Waals surface area contributed by atoms with Gasteiger partial charge in [-0.1, -0.05) is 29.3 Å². The van der Waals surface area contributed by atoms with Gasteiger partial charge >= 0.3 is 0 Å². The number of rotatable bonds is 2. The third-order valence-corrected chi connectivity index (χ3v) is 5.95. The number of nitrogens with zero attached hydrogens (tertiary/aromatic N) is 2. The average Bonchev–Trinajstić information content (AvgIpc) is 2.90. The third-order valence-electron chi connectivity index (χ3n) is 5.09. The Balaban J connectivity index is 1.98. The number of H-pyrrole nitrogens is 1. The summed E-state index contributed by atoms with van der Waals surface area (Å²) in [5.74, 6) is 1.42. The summed E-state index contributed by atoms with van der Waals surface area (Å²) in [6.07, 6.45) is 4.26. The van der Waals surface area contributed by atoms with Crippen molar-refractivity contribution in [3.63, 3.8) is 0 Å². The fraction of sp³-hybridized carbons (Fsp3) is 0.412. The molecule has 2 aromatic heterocycles. The molecule has 114 valence electrons. The molecule has 1 fully saturated rings. The van der Waals surface area contributed by atoms with E-state index in [-0.39, 0.29) is 5.56 Å². The highest BCUT2D eigenvalue weighted by Crippen LogP contribution is 2.36. The molecule has 1 N–H and O–H groups in total. The molecular weight excluding hydrogens is 342 g/mol. The Morgan fingerprint density at radius 2 is 2.18 bits per heavy atom. The second-order valence-corrected chi connectivity index (χ2v) is 7.36. The fourth-order valence-corrected chi connectivity index (χ4v) is 3.72. The summed E-state index contributed by atoms with van der Waals surface area (Å²) in [6, 6.07) is 4.11. The lowest BCUT2D eigenvalue weighted by atomic mass is 9.75. The van der Waals surface area contributed by atoms with Gasteiger partial charge in [-0.15, -0.1) is 0 Å². The first-order valence-corrected chi connectivity index (χ1v) is 8.51. The van der Waals surface area contributed by atoms with Gasteiger partial charge in [0.05, 0.1) is 22.6 Å². The molecule has 0 aliphatic heterocycles. The van der Waals surface area contributed by atoms with Crippen LogP contribution in [0.5, 0.6) is 0 Å². The van der Waals surface area contributed by atoms with Crippen LogP contribution < -0.4 is 5.56 Å². The largest absolute Gasteiger partial charge is 0.321 e. The third kappa shape index (κ3) is 2.02. The van der Waals surface area contributed by atoms with Gasteiger partial charge in [-0.05, 0) is 42.9 Å². The topological polar surface area (TPSA) is 50.7 Å². The molecule has 4 nitrogen and oxygen atoms in total. The summed E-state index contributed by atoms with van der Waals surface area (Å²) in [4.78, 5) is 15.3. The Labute approximate surface area is 136 Å². The minimum atomic E-state index is -0.0582. The second-order valence-electron chi connectivity index (χ2n) is 6.50. The summed E-state index contributed by atoms with van der Waals surface area (Å²) in [5, 5.41) is 6.22. The summed E-state index contributed by atoms with van der Waals surface area (Å²) in [6.45, 7) is 5.22. The summed E-state index contributed by atoms with van der Waals surface area (Å²) >= 11 is 3.60. The van der Waals surface area contributed by atoms with Crippen molar-refractivity contribution in [2.75, 3.05) is 0 Å². The summed E-state index contributed by atoms with van der Waals surface area (Å²) in [7, 11) is 0. The highest BCUT2D eigenvalue weighted by atomic mass is 79.9. The molecule has 1 aromatic carbocycles. The Bertz CT molecular complexity index is 940. The van der Waals surface area contributed by atoms with Gasteiger partial charge in [0, 0.05) is 16.4 Å². The summed E-state index contributed by atoms with van der Waals surface area (Å²) in [5.41, 5.74) is 2.89. The van der Waals surface area contributed by atoms with Gasteiger partial charge in [0.2, 0.25) is 0 Å². The zero-order chi connectivity index (χ0) is 15.4. The lowest BCUT2D eigenvalue weighted by molar-refractivity contribution is 0.167. The highest BCUT2D eigenvalue weighted by molar-refractivity contribution is 9.10. The maximum atomic E-state index is 12.3. The molecule has 1 aliphatic carbocycles. The van der Waals surface area contributed by atoms with Crippen LogP contribution in [0.2, 0.25) is 0 Å². The molecular formula is C17H18BrN3O. The van der Waals surface area contributed by atoms with E-state index >= 15 is 0 Å². The first-order chi connectivity index (χ1) is 10.5. The number of aryl methyl sites for hydroxylation is 1. The molecule has 0 spiro atoms. The number of pyridine rings is 1. The Morgan fingerprint density at radius 1 is 1.36 bits per heavy atom. The monoisotopic (exact) mass is 359 g/mol. The molecule has 22 heavy (non-hydrogen) atoms. The van der Waals surface area contributed by atoms with Gasteiger partial charge < -0.3 is 4.98 Å². The van der Waals surface area contributed by atoms with Crippen LogP contribution in [0.15, 0.2) is 27.6 Å². The molecule has 2 atom stereocenters. The first kappa shape index (κ1) is 14.0.